The molecule has 0 unspecified atom stereocenters. The Balaban J connectivity index is 1.23. The van der Waals surface area contributed by atoms with Gasteiger partial charge in [-0.3, -0.25) is 9.89 Å². The number of hydrogen-bond acceptors (Lipinski definition) is 7. The van der Waals surface area contributed by atoms with Gasteiger partial charge in [0.25, 0.3) is 10.0 Å². The van der Waals surface area contributed by atoms with E-state index < -0.39 is 33.7 Å². The molecule has 2 N–H and O–H groups in total. The predicted octanol–water partition coefficient (Wildman–Crippen LogP) is 5.64. The van der Waals surface area contributed by atoms with Crippen LogP contribution in [0.15, 0.2) is 58.4 Å². The van der Waals surface area contributed by atoms with E-state index in [1.54, 1.807) is 32.8 Å². The molecule has 2 aliphatic rings. The van der Waals surface area contributed by atoms with Crippen LogP contribution in [0.3, 0.4) is 0 Å². The maximum absolute atomic E-state index is 13.8. The van der Waals surface area contributed by atoms with Gasteiger partial charge in [0.1, 0.15) is 24.0 Å². The molecule has 0 saturated carbocycles. The Hall–Kier alpha value is -4.58. The Morgan fingerprint density at radius 2 is 1.59 bits per heavy atom. The van der Waals surface area contributed by atoms with Crippen LogP contribution in [0.25, 0.3) is 11.1 Å². The van der Waals surface area contributed by atoms with Gasteiger partial charge in [0, 0.05) is 45.6 Å². The van der Waals surface area contributed by atoms with Gasteiger partial charge in [0.05, 0.1) is 4.90 Å². The van der Waals surface area contributed by atoms with Gasteiger partial charge in [-0.15, -0.1) is 0 Å². The van der Waals surface area contributed by atoms with E-state index in [2.05, 4.69) is 9.71 Å². The number of ether oxygens (including phenoxy) is 2. The maximum Gasteiger partial charge on any atom is 0.410 e. The lowest BCUT2D eigenvalue weighted by atomic mass is 9.94. The van der Waals surface area contributed by atoms with E-state index in [-0.39, 0.29) is 42.8 Å². The Morgan fingerprint density at radius 1 is 1.00 bits per heavy atom. The minimum absolute atomic E-state index is 0.0770. The second-order valence-electron chi connectivity index (χ2n) is 13.7. The fourth-order valence-electron chi connectivity index (χ4n) is 6.86. The highest BCUT2D eigenvalue weighted by atomic mass is 32.2. The Labute approximate surface area is 289 Å². The summed E-state index contributed by atoms with van der Waals surface area (Å²) in [5, 5.41) is 9.99. The number of guanidine groups is 1. The molecule has 0 fully saturated rings. The third kappa shape index (κ3) is 7.10. The summed E-state index contributed by atoms with van der Waals surface area (Å²) in [6, 6.07) is 14.8. The summed E-state index contributed by atoms with van der Waals surface area (Å²) in [5.74, 6) is -0.454. The van der Waals surface area contributed by atoms with Crippen molar-refractivity contribution in [2.45, 2.75) is 76.3 Å². The highest BCUT2D eigenvalue weighted by Gasteiger charge is 2.37. The molecule has 12 heteroatoms. The number of amides is 1. The normalized spacial score (nSPS) is 15.5. The van der Waals surface area contributed by atoms with E-state index in [1.807, 2.05) is 69.3 Å². The SMILES string of the molecule is Cc1c(C)c(S(=O)(=O)NC(=NCCC[C@@H](C(=O)O)N(C)C(=O)OCC2c3ccccc3-c3ccccc32)N(C)C)c(C)c2c1OC(C)(C)C2. The molecule has 3 aromatic rings. The lowest BCUT2D eigenvalue weighted by Gasteiger charge is -2.25. The number of aliphatic imine (C=N–C) groups is 1. The number of carbonyl (C=O) groups excluding carboxylic acids is 1. The van der Waals surface area contributed by atoms with Crippen LogP contribution in [-0.2, 0) is 26.0 Å². The molecule has 1 atom stereocenters. The lowest BCUT2D eigenvalue weighted by Crippen LogP contribution is -2.43. The second kappa shape index (κ2) is 13.7. The van der Waals surface area contributed by atoms with Crippen molar-refractivity contribution in [3.05, 3.63) is 81.9 Å². The highest BCUT2D eigenvalue weighted by Crippen LogP contribution is 2.45. The third-order valence-electron chi connectivity index (χ3n) is 9.48. The van der Waals surface area contributed by atoms with E-state index in [0.717, 1.165) is 44.0 Å². The largest absolute Gasteiger partial charge is 0.487 e. The minimum atomic E-state index is -4.03. The van der Waals surface area contributed by atoms with Gasteiger partial charge in [-0.2, -0.15) is 0 Å². The van der Waals surface area contributed by atoms with Crippen molar-refractivity contribution in [3.63, 3.8) is 0 Å². The van der Waals surface area contributed by atoms with Crippen molar-refractivity contribution in [2.75, 3.05) is 34.3 Å². The number of aliphatic carboxylic acids is 1. The second-order valence-corrected chi connectivity index (χ2v) is 15.3. The first-order valence-corrected chi connectivity index (χ1v) is 17.9. The van der Waals surface area contributed by atoms with Gasteiger partial charge in [-0.25, -0.2) is 22.7 Å². The van der Waals surface area contributed by atoms with Crippen LogP contribution >= 0.6 is 0 Å². The zero-order valence-corrected chi connectivity index (χ0v) is 30.3. The monoisotopic (exact) mass is 690 g/mol. The van der Waals surface area contributed by atoms with E-state index in [0.29, 0.717) is 17.5 Å². The van der Waals surface area contributed by atoms with Crippen LogP contribution in [0.2, 0.25) is 0 Å². The van der Waals surface area contributed by atoms with Gasteiger partial charge in [0.2, 0.25) is 5.96 Å². The number of carboxylic acids is 1. The molecule has 1 amide bonds. The standard InChI is InChI=1S/C37H46N4O7S/c1-22-23(2)33(24(3)29-20-37(4,5)48-32(22)29)49(45,46)39-35(40(6)7)38-19-13-18-31(34(42)43)41(8)36(44)47-21-30-27-16-11-9-14-25(27)26-15-10-12-17-28(26)30/h9-12,14-17,30-31H,13,18-21H2,1-8H3,(H,38,39)(H,42,43)/t31-/m0/s1. The molecule has 1 aliphatic heterocycles. The molecule has 1 aliphatic carbocycles. The zero-order valence-electron chi connectivity index (χ0n) is 29.5. The van der Waals surface area contributed by atoms with Gasteiger partial charge in [-0.05, 0) is 86.4 Å². The van der Waals surface area contributed by atoms with Gasteiger partial charge in [-0.1, -0.05) is 48.5 Å². The fourth-order valence-corrected chi connectivity index (χ4v) is 8.53. The number of hydrogen-bond donors (Lipinski definition) is 2. The topological polar surface area (TPSA) is 138 Å². The first-order valence-electron chi connectivity index (χ1n) is 16.4. The summed E-state index contributed by atoms with van der Waals surface area (Å²) in [7, 11) is 0.735. The number of nitrogens with one attached hydrogen (secondary N) is 1. The number of fused-ring (bicyclic) bond motifs is 4. The van der Waals surface area contributed by atoms with E-state index in [9.17, 15) is 23.1 Å². The van der Waals surface area contributed by atoms with Crippen molar-refractivity contribution in [3.8, 4) is 16.9 Å². The van der Waals surface area contributed by atoms with Crippen LogP contribution in [0.5, 0.6) is 5.75 Å². The minimum Gasteiger partial charge on any atom is -0.487 e. The molecular formula is C37H46N4O7S. The number of nitrogens with zero attached hydrogens (tertiary/aromatic N) is 3. The number of likely N-dealkylation sites (N-methyl/N-ethyl adjacent to an activating group) is 1. The molecule has 262 valence electrons. The molecule has 0 spiro atoms. The van der Waals surface area contributed by atoms with Crippen LogP contribution in [-0.4, -0.2) is 87.3 Å². The summed E-state index contributed by atoms with van der Waals surface area (Å²) in [6.07, 6.45) is 0.232. The molecule has 11 nitrogen and oxygen atoms in total. The smallest absolute Gasteiger partial charge is 0.410 e. The summed E-state index contributed by atoms with van der Waals surface area (Å²) >= 11 is 0. The lowest BCUT2D eigenvalue weighted by molar-refractivity contribution is -0.142. The molecule has 0 saturated heterocycles. The number of carboxylic acid groups (broad SMARTS) is 1. The quantitative estimate of drug-likeness (QED) is 0.159. The van der Waals surface area contributed by atoms with Crippen molar-refractivity contribution >= 4 is 28.0 Å². The first kappa shape index (κ1) is 35.7. The summed E-state index contributed by atoms with van der Waals surface area (Å²) in [4.78, 5) is 32.7. The van der Waals surface area contributed by atoms with Crippen LogP contribution in [0, 0.1) is 20.8 Å². The molecule has 5 rings (SSSR count). The summed E-state index contributed by atoms with van der Waals surface area (Å²) < 4.78 is 42.1. The van der Waals surface area contributed by atoms with E-state index in [4.69, 9.17) is 9.47 Å². The molecule has 0 bridgehead atoms. The zero-order chi connectivity index (χ0) is 35.8. The molecular weight excluding hydrogens is 644 g/mol. The number of rotatable bonds is 10. The van der Waals surface area contributed by atoms with Crippen molar-refractivity contribution < 1.29 is 32.6 Å². The average molecular weight is 691 g/mol. The van der Waals surface area contributed by atoms with Crippen LogP contribution in [0.4, 0.5) is 4.79 Å². The molecule has 0 aromatic heterocycles. The molecule has 3 aromatic carbocycles. The Kier molecular flexibility index (Phi) is 10.0. The fraction of sp³-hybridized carbons (Fsp3) is 0.432. The van der Waals surface area contributed by atoms with Crippen LogP contribution < -0.4 is 9.46 Å². The number of sulfonamides is 1. The van der Waals surface area contributed by atoms with Crippen molar-refractivity contribution in [1.82, 2.24) is 14.5 Å². The molecule has 1 heterocycles. The van der Waals surface area contributed by atoms with E-state index >= 15 is 0 Å². The average Bonchev–Trinajstić information content (AvgIpc) is 3.55. The summed E-state index contributed by atoms with van der Waals surface area (Å²) in [6.45, 7) is 9.61. The number of benzene rings is 3. The Morgan fingerprint density at radius 3 is 2.16 bits per heavy atom. The van der Waals surface area contributed by atoms with Crippen LogP contribution in [0.1, 0.15) is 66.0 Å². The predicted molar refractivity (Wildman–Crippen MR) is 189 cm³/mol. The molecule has 49 heavy (non-hydrogen) atoms. The number of carbonyl (C=O) groups is 2. The van der Waals surface area contributed by atoms with Crippen molar-refractivity contribution in [2.24, 2.45) is 4.99 Å². The maximum atomic E-state index is 13.8. The first-order chi connectivity index (χ1) is 23.0. The van der Waals surface area contributed by atoms with Crippen molar-refractivity contribution in [1.29, 1.82) is 0 Å². The van der Waals surface area contributed by atoms with E-state index in [1.165, 1.54) is 7.05 Å². The Bertz CT molecular complexity index is 1870. The van der Waals surface area contributed by atoms with Gasteiger partial charge in [0.15, 0.2) is 0 Å². The highest BCUT2D eigenvalue weighted by molar-refractivity contribution is 7.90. The summed E-state index contributed by atoms with van der Waals surface area (Å²) in [5.41, 5.74) is 6.83. The molecule has 0 radical (unpaired) electrons. The third-order valence-corrected chi connectivity index (χ3v) is 11.1. The van der Waals surface area contributed by atoms with Gasteiger partial charge < -0.3 is 19.5 Å². The van der Waals surface area contributed by atoms with Gasteiger partial charge >= 0.3 is 12.1 Å².